The quantitative estimate of drug-likeness (QED) is 0.730. The minimum Gasteiger partial charge on any atom is -0.480 e. The van der Waals surface area contributed by atoms with Crippen LogP contribution in [0.15, 0.2) is 24.3 Å². The molecule has 3 rings (SSSR count). The Bertz CT molecular complexity index is 600. The van der Waals surface area contributed by atoms with Gasteiger partial charge in [-0.05, 0) is 11.6 Å². The van der Waals surface area contributed by atoms with Crippen molar-refractivity contribution in [3.8, 4) is 5.75 Å². The molecule has 20 heavy (non-hydrogen) atoms. The molecular weight excluding hydrogens is 258 g/mol. The molecule has 1 atom stereocenters. The van der Waals surface area contributed by atoms with Crippen LogP contribution < -0.4 is 15.8 Å². The number of amides is 1. The minimum atomic E-state index is -0.452. The van der Waals surface area contributed by atoms with Crippen molar-refractivity contribution in [3.63, 3.8) is 0 Å². The maximum Gasteiger partial charge on any atom is 0.261 e. The number of rotatable bonds is 4. The fraction of sp³-hybridized carbons (Fsp3) is 0.308. The molecule has 2 aromatic rings. The van der Waals surface area contributed by atoms with E-state index in [-0.39, 0.29) is 11.9 Å². The zero-order valence-electron chi connectivity index (χ0n) is 10.8. The monoisotopic (exact) mass is 273 g/mol. The first kappa shape index (κ1) is 12.5. The summed E-state index contributed by atoms with van der Waals surface area (Å²) in [6, 6.07) is 7.68. The molecule has 104 valence electrons. The van der Waals surface area contributed by atoms with E-state index in [9.17, 15) is 4.79 Å². The van der Waals surface area contributed by atoms with Crippen molar-refractivity contribution in [1.82, 2.24) is 20.5 Å². The number of hydrogen-bond donors (Lipinski definition) is 3. The van der Waals surface area contributed by atoms with Crippen LogP contribution in [-0.4, -0.2) is 33.7 Å². The molecule has 0 unspecified atom stereocenters. The van der Waals surface area contributed by atoms with Gasteiger partial charge in [0.05, 0.1) is 0 Å². The summed E-state index contributed by atoms with van der Waals surface area (Å²) in [4.78, 5) is 16.0. The summed E-state index contributed by atoms with van der Waals surface area (Å²) in [5, 5.41) is 9.24. The number of aromatic amines is 1. The number of anilines is 1. The Balaban J connectivity index is 1.49. The first-order valence-electron chi connectivity index (χ1n) is 6.41. The predicted molar refractivity (Wildman–Crippen MR) is 72.1 cm³/mol. The first-order valence-corrected chi connectivity index (χ1v) is 6.41. The lowest BCUT2D eigenvalue weighted by Gasteiger charge is -2.10. The largest absolute Gasteiger partial charge is 0.480 e. The number of benzene rings is 1. The summed E-state index contributed by atoms with van der Waals surface area (Å²) in [5.74, 6) is 1.53. The molecule has 0 fully saturated rings. The SMILES string of the molecule is Nc1n[nH]c(CCNC(=O)[C@H]2Cc3ccccc3O2)n1. The number of nitrogen functional groups attached to an aromatic ring is 1. The van der Waals surface area contributed by atoms with Crippen LogP contribution in [0.4, 0.5) is 5.95 Å². The second-order valence-corrected chi connectivity index (χ2v) is 4.60. The average molecular weight is 273 g/mol. The van der Waals surface area contributed by atoms with Gasteiger partial charge in [0.1, 0.15) is 11.6 Å². The number of carbonyl (C=O) groups is 1. The maximum absolute atomic E-state index is 12.0. The zero-order chi connectivity index (χ0) is 13.9. The number of aromatic nitrogens is 3. The normalized spacial score (nSPS) is 16.5. The highest BCUT2D eigenvalue weighted by Gasteiger charge is 2.28. The number of fused-ring (bicyclic) bond motifs is 1. The van der Waals surface area contributed by atoms with Crippen LogP contribution in [0.2, 0.25) is 0 Å². The van der Waals surface area contributed by atoms with E-state index >= 15 is 0 Å². The van der Waals surface area contributed by atoms with Crippen molar-refractivity contribution in [1.29, 1.82) is 0 Å². The van der Waals surface area contributed by atoms with E-state index < -0.39 is 6.10 Å². The molecule has 1 amide bonds. The molecule has 0 spiro atoms. The topological polar surface area (TPSA) is 106 Å². The van der Waals surface area contributed by atoms with E-state index in [4.69, 9.17) is 10.5 Å². The fourth-order valence-electron chi connectivity index (χ4n) is 2.17. The van der Waals surface area contributed by atoms with Crippen LogP contribution in [0.3, 0.4) is 0 Å². The molecule has 0 saturated carbocycles. The molecule has 7 nitrogen and oxygen atoms in total. The summed E-state index contributed by atoms with van der Waals surface area (Å²) in [7, 11) is 0. The number of H-pyrrole nitrogens is 1. The lowest BCUT2D eigenvalue weighted by atomic mass is 10.1. The van der Waals surface area contributed by atoms with E-state index in [1.54, 1.807) is 0 Å². The van der Waals surface area contributed by atoms with Crippen molar-refractivity contribution < 1.29 is 9.53 Å². The number of carbonyl (C=O) groups excluding carboxylic acids is 1. The Kier molecular flexibility index (Phi) is 3.24. The van der Waals surface area contributed by atoms with E-state index in [2.05, 4.69) is 20.5 Å². The van der Waals surface area contributed by atoms with E-state index in [1.807, 2.05) is 24.3 Å². The molecule has 1 aliphatic rings. The van der Waals surface area contributed by atoms with Gasteiger partial charge in [-0.1, -0.05) is 18.2 Å². The Hall–Kier alpha value is -2.57. The molecule has 1 aromatic heterocycles. The molecule has 0 aliphatic carbocycles. The van der Waals surface area contributed by atoms with Crippen molar-refractivity contribution >= 4 is 11.9 Å². The third kappa shape index (κ3) is 2.56. The molecule has 4 N–H and O–H groups in total. The summed E-state index contributed by atoms with van der Waals surface area (Å²) >= 11 is 0. The summed E-state index contributed by atoms with van der Waals surface area (Å²) in [6.45, 7) is 0.462. The highest BCUT2D eigenvalue weighted by molar-refractivity contribution is 5.82. The van der Waals surface area contributed by atoms with Crippen LogP contribution in [0.1, 0.15) is 11.4 Å². The van der Waals surface area contributed by atoms with Gasteiger partial charge >= 0.3 is 0 Å². The van der Waals surface area contributed by atoms with Gasteiger partial charge in [0.25, 0.3) is 5.91 Å². The Morgan fingerprint density at radius 1 is 1.50 bits per heavy atom. The van der Waals surface area contributed by atoms with E-state index in [1.165, 1.54) is 0 Å². The average Bonchev–Trinajstić information content (AvgIpc) is 3.04. The molecule has 2 heterocycles. The van der Waals surface area contributed by atoms with Crippen molar-refractivity contribution in [3.05, 3.63) is 35.7 Å². The van der Waals surface area contributed by atoms with Gasteiger partial charge in [-0.15, -0.1) is 5.10 Å². The molecule has 0 radical (unpaired) electrons. The number of nitrogens with two attached hydrogens (primary N) is 1. The number of para-hydroxylation sites is 1. The molecular formula is C13H15N5O2. The number of ether oxygens (including phenoxy) is 1. The lowest BCUT2D eigenvalue weighted by Crippen LogP contribution is -2.38. The Labute approximate surface area is 115 Å². The van der Waals surface area contributed by atoms with Gasteiger partial charge in [-0.3, -0.25) is 9.89 Å². The number of nitrogens with zero attached hydrogens (tertiary/aromatic N) is 2. The van der Waals surface area contributed by atoms with Crippen LogP contribution in [0.25, 0.3) is 0 Å². The molecule has 1 aliphatic heterocycles. The summed E-state index contributed by atoms with van der Waals surface area (Å²) in [5.41, 5.74) is 6.46. The van der Waals surface area contributed by atoms with Crippen molar-refractivity contribution in [2.45, 2.75) is 18.9 Å². The second kappa shape index (κ2) is 5.20. The second-order valence-electron chi connectivity index (χ2n) is 4.60. The number of hydrogen-bond acceptors (Lipinski definition) is 5. The van der Waals surface area contributed by atoms with Crippen molar-refractivity contribution in [2.24, 2.45) is 0 Å². The first-order chi connectivity index (χ1) is 9.72. The third-order valence-electron chi connectivity index (χ3n) is 3.15. The van der Waals surface area contributed by atoms with Crippen LogP contribution >= 0.6 is 0 Å². The summed E-state index contributed by atoms with van der Waals surface area (Å²) < 4.78 is 5.61. The van der Waals surface area contributed by atoms with E-state index in [0.29, 0.717) is 25.2 Å². The minimum absolute atomic E-state index is 0.117. The highest BCUT2D eigenvalue weighted by Crippen LogP contribution is 2.27. The van der Waals surface area contributed by atoms with Gasteiger partial charge in [0, 0.05) is 19.4 Å². The maximum atomic E-state index is 12.0. The Morgan fingerprint density at radius 2 is 2.35 bits per heavy atom. The van der Waals surface area contributed by atoms with Gasteiger partial charge in [0.15, 0.2) is 6.10 Å². The van der Waals surface area contributed by atoms with Crippen molar-refractivity contribution in [2.75, 3.05) is 12.3 Å². The van der Waals surface area contributed by atoms with Gasteiger partial charge < -0.3 is 15.8 Å². The zero-order valence-corrected chi connectivity index (χ0v) is 10.8. The fourth-order valence-corrected chi connectivity index (χ4v) is 2.17. The van der Waals surface area contributed by atoms with Gasteiger partial charge in [-0.25, -0.2) is 0 Å². The molecule has 0 saturated heterocycles. The van der Waals surface area contributed by atoms with Crippen LogP contribution in [-0.2, 0) is 17.6 Å². The van der Waals surface area contributed by atoms with E-state index in [0.717, 1.165) is 11.3 Å². The Morgan fingerprint density at radius 3 is 3.10 bits per heavy atom. The molecule has 7 heteroatoms. The van der Waals surface area contributed by atoms with Crippen LogP contribution in [0, 0.1) is 0 Å². The van der Waals surface area contributed by atoms with Crippen LogP contribution in [0.5, 0.6) is 5.75 Å². The summed E-state index contributed by atoms with van der Waals surface area (Å²) in [6.07, 6.45) is 0.708. The number of nitrogens with one attached hydrogen (secondary N) is 2. The third-order valence-corrected chi connectivity index (χ3v) is 3.15. The van der Waals surface area contributed by atoms with Gasteiger partial charge in [-0.2, -0.15) is 4.98 Å². The standard InChI is InChI=1S/C13H15N5O2/c14-13-16-11(17-18-13)5-6-15-12(19)10-7-8-3-1-2-4-9(8)20-10/h1-4,10H,5-7H2,(H,15,19)(H3,14,16,17,18)/t10-/m1/s1. The smallest absolute Gasteiger partial charge is 0.261 e. The molecule has 0 bridgehead atoms. The molecule has 1 aromatic carbocycles. The highest BCUT2D eigenvalue weighted by atomic mass is 16.5. The van der Waals surface area contributed by atoms with Gasteiger partial charge in [0.2, 0.25) is 5.95 Å². The lowest BCUT2D eigenvalue weighted by molar-refractivity contribution is -0.127. The predicted octanol–water partition coefficient (Wildman–Crippen LogP) is 0.0493.